The van der Waals surface area contributed by atoms with Gasteiger partial charge in [-0.05, 0) is 30.7 Å². The van der Waals surface area contributed by atoms with Gasteiger partial charge in [-0.2, -0.15) is 0 Å². The zero-order valence-corrected chi connectivity index (χ0v) is 17.4. The van der Waals surface area contributed by atoms with Gasteiger partial charge >= 0.3 is 0 Å². The van der Waals surface area contributed by atoms with Crippen molar-refractivity contribution in [2.24, 2.45) is 0 Å². The summed E-state index contributed by atoms with van der Waals surface area (Å²) in [5.41, 5.74) is 1.80. The Hall–Kier alpha value is -2.51. The number of rotatable bonds is 7. The van der Waals surface area contributed by atoms with E-state index in [0.717, 1.165) is 11.1 Å². The number of nitrogens with one attached hydrogen (secondary N) is 1. The van der Waals surface area contributed by atoms with E-state index < -0.39 is 0 Å². The molecule has 0 fully saturated rings. The molecule has 1 atom stereocenters. The van der Waals surface area contributed by atoms with E-state index >= 15 is 0 Å². The summed E-state index contributed by atoms with van der Waals surface area (Å²) in [7, 11) is 3.38. The van der Waals surface area contributed by atoms with Gasteiger partial charge in [0.1, 0.15) is 5.75 Å². The number of H-pyrrole nitrogens is 1. The normalized spacial score (nSPS) is 11.9. The number of amides is 1. The maximum atomic E-state index is 12.7. The molecule has 0 aliphatic heterocycles. The minimum atomic E-state index is -0.321. The van der Waals surface area contributed by atoms with Gasteiger partial charge in [0.05, 0.1) is 17.9 Å². The van der Waals surface area contributed by atoms with E-state index in [9.17, 15) is 4.79 Å². The number of hydrogen-bond donors (Lipinski definition) is 1. The van der Waals surface area contributed by atoms with Gasteiger partial charge in [0.25, 0.3) is 0 Å². The van der Waals surface area contributed by atoms with Gasteiger partial charge in [-0.1, -0.05) is 53.7 Å². The summed E-state index contributed by atoms with van der Waals surface area (Å²) in [6.45, 7) is 2.41. The van der Waals surface area contributed by atoms with Crippen molar-refractivity contribution in [3.05, 3.63) is 59.1 Å². The molecule has 1 aromatic heterocycles. The molecule has 3 rings (SSSR count). The summed E-state index contributed by atoms with van der Waals surface area (Å²) in [4.78, 5) is 18.9. The molecular formula is C20H21ClN4O2S. The molecule has 1 N–H and O–H groups in total. The van der Waals surface area contributed by atoms with E-state index in [1.165, 1.54) is 11.8 Å². The van der Waals surface area contributed by atoms with E-state index in [2.05, 4.69) is 15.2 Å². The molecule has 1 amide bonds. The first-order valence-corrected chi connectivity index (χ1v) is 9.95. The Bertz CT molecular complexity index is 948. The molecule has 6 nitrogen and oxygen atoms in total. The van der Waals surface area contributed by atoms with Gasteiger partial charge in [-0.25, -0.2) is 4.98 Å². The van der Waals surface area contributed by atoms with Gasteiger partial charge in [-0.3, -0.25) is 9.89 Å². The summed E-state index contributed by atoms with van der Waals surface area (Å²) < 4.78 is 5.36. The van der Waals surface area contributed by atoms with Crippen LogP contribution in [0.15, 0.2) is 53.7 Å². The lowest BCUT2D eigenvalue weighted by Crippen LogP contribution is -2.32. The van der Waals surface area contributed by atoms with Crippen LogP contribution in [0.1, 0.15) is 12.5 Å². The average Bonchev–Trinajstić information content (AvgIpc) is 3.16. The molecule has 0 saturated heterocycles. The Labute approximate surface area is 173 Å². The number of aromatic nitrogens is 3. The Kier molecular flexibility index (Phi) is 6.59. The molecule has 0 spiro atoms. The minimum absolute atomic E-state index is 0.0144. The second kappa shape index (κ2) is 9.12. The van der Waals surface area contributed by atoms with Crippen LogP contribution in [0.25, 0.3) is 11.4 Å². The van der Waals surface area contributed by atoms with Crippen molar-refractivity contribution in [3.8, 4) is 17.1 Å². The Morgan fingerprint density at radius 3 is 2.75 bits per heavy atom. The fraction of sp³-hybridized carbons (Fsp3) is 0.250. The smallest absolute Gasteiger partial charge is 0.235 e. The lowest BCUT2D eigenvalue weighted by atomic mass is 10.2. The number of aromatic amines is 1. The molecule has 8 heteroatoms. The van der Waals surface area contributed by atoms with Crippen LogP contribution in [0, 0.1) is 0 Å². The van der Waals surface area contributed by atoms with Gasteiger partial charge in [0, 0.05) is 18.6 Å². The van der Waals surface area contributed by atoms with Crippen molar-refractivity contribution in [2.75, 3.05) is 14.2 Å². The number of thioether (sulfide) groups is 1. The summed E-state index contributed by atoms with van der Waals surface area (Å²) in [6, 6.07) is 15.2. The van der Waals surface area contributed by atoms with Crippen molar-refractivity contribution >= 4 is 29.3 Å². The van der Waals surface area contributed by atoms with Crippen LogP contribution in [0.5, 0.6) is 5.75 Å². The van der Waals surface area contributed by atoms with E-state index in [4.69, 9.17) is 16.3 Å². The zero-order chi connectivity index (χ0) is 20.1. The largest absolute Gasteiger partial charge is 0.496 e. The van der Waals surface area contributed by atoms with Crippen molar-refractivity contribution in [3.63, 3.8) is 0 Å². The third kappa shape index (κ3) is 4.85. The van der Waals surface area contributed by atoms with E-state index in [1.807, 2.05) is 37.3 Å². The molecule has 0 aliphatic carbocycles. The summed E-state index contributed by atoms with van der Waals surface area (Å²) >= 11 is 7.39. The molecule has 0 bridgehead atoms. The second-order valence-electron chi connectivity index (χ2n) is 6.25. The zero-order valence-electron chi connectivity index (χ0n) is 15.8. The molecule has 0 radical (unpaired) electrons. The summed E-state index contributed by atoms with van der Waals surface area (Å²) in [5, 5.41) is 7.86. The first kappa shape index (κ1) is 20.2. The number of carbonyl (C=O) groups is 1. The molecule has 1 heterocycles. The highest BCUT2D eigenvalue weighted by Gasteiger charge is 2.21. The highest BCUT2D eigenvalue weighted by molar-refractivity contribution is 8.00. The van der Waals surface area contributed by atoms with E-state index in [0.29, 0.717) is 28.3 Å². The van der Waals surface area contributed by atoms with Gasteiger partial charge in [-0.15, -0.1) is 5.10 Å². The van der Waals surface area contributed by atoms with Crippen LogP contribution in [0.3, 0.4) is 0 Å². The number of benzene rings is 2. The monoisotopic (exact) mass is 416 g/mol. The van der Waals surface area contributed by atoms with Crippen molar-refractivity contribution in [1.29, 1.82) is 0 Å². The predicted molar refractivity (Wildman–Crippen MR) is 112 cm³/mol. The van der Waals surface area contributed by atoms with Crippen molar-refractivity contribution < 1.29 is 9.53 Å². The third-order valence-corrected chi connectivity index (χ3v) is 5.33. The predicted octanol–water partition coefficient (Wildman–Crippen LogP) is 4.27. The van der Waals surface area contributed by atoms with Crippen LogP contribution in [-0.2, 0) is 11.3 Å². The van der Waals surface area contributed by atoms with Gasteiger partial charge in [0.2, 0.25) is 11.1 Å². The SMILES string of the molecule is COc1ccc(Cl)cc1-c1nc(SC(C)C(=O)N(C)Cc2ccccc2)n[nH]1. The van der Waals surface area contributed by atoms with Crippen molar-refractivity contribution in [1.82, 2.24) is 20.1 Å². The van der Waals surface area contributed by atoms with E-state index in [1.54, 1.807) is 37.3 Å². The maximum absolute atomic E-state index is 12.7. The molecule has 3 aromatic rings. The van der Waals surface area contributed by atoms with Crippen LogP contribution in [0.4, 0.5) is 0 Å². The highest BCUT2D eigenvalue weighted by Crippen LogP contribution is 2.31. The molecule has 28 heavy (non-hydrogen) atoms. The lowest BCUT2D eigenvalue weighted by Gasteiger charge is -2.20. The molecular weight excluding hydrogens is 396 g/mol. The first-order chi connectivity index (χ1) is 13.5. The fourth-order valence-electron chi connectivity index (χ4n) is 2.74. The fourth-order valence-corrected chi connectivity index (χ4v) is 3.75. The number of halogens is 1. The molecule has 2 aromatic carbocycles. The number of nitrogens with zero attached hydrogens (tertiary/aromatic N) is 3. The highest BCUT2D eigenvalue weighted by atomic mass is 35.5. The molecule has 1 unspecified atom stereocenters. The Morgan fingerprint density at radius 1 is 1.29 bits per heavy atom. The number of ether oxygens (including phenoxy) is 1. The van der Waals surface area contributed by atoms with Crippen LogP contribution >= 0.6 is 23.4 Å². The minimum Gasteiger partial charge on any atom is -0.496 e. The summed E-state index contributed by atoms with van der Waals surface area (Å²) in [6.07, 6.45) is 0. The average molecular weight is 417 g/mol. The van der Waals surface area contributed by atoms with Crippen LogP contribution in [0.2, 0.25) is 5.02 Å². The van der Waals surface area contributed by atoms with E-state index in [-0.39, 0.29) is 11.2 Å². The quantitative estimate of drug-likeness (QED) is 0.582. The molecule has 146 valence electrons. The van der Waals surface area contributed by atoms with Crippen LogP contribution < -0.4 is 4.74 Å². The lowest BCUT2D eigenvalue weighted by molar-refractivity contribution is -0.129. The maximum Gasteiger partial charge on any atom is 0.235 e. The molecule has 0 aliphatic rings. The number of hydrogen-bond acceptors (Lipinski definition) is 5. The van der Waals surface area contributed by atoms with Crippen molar-refractivity contribution in [2.45, 2.75) is 23.9 Å². The topological polar surface area (TPSA) is 71.1 Å². The number of carbonyl (C=O) groups excluding carboxylic acids is 1. The van der Waals surface area contributed by atoms with Crippen LogP contribution in [-0.4, -0.2) is 45.4 Å². The Morgan fingerprint density at radius 2 is 2.04 bits per heavy atom. The standard InChI is InChI=1S/C20H21ClN4O2S/c1-13(19(26)25(2)12-14-7-5-4-6-8-14)28-20-22-18(23-24-20)16-11-15(21)9-10-17(16)27-3/h4-11,13H,12H2,1-3H3,(H,22,23,24). The van der Waals surface area contributed by atoms with Gasteiger partial charge in [0.15, 0.2) is 5.82 Å². The van der Waals surface area contributed by atoms with Gasteiger partial charge < -0.3 is 9.64 Å². The summed E-state index contributed by atoms with van der Waals surface area (Å²) in [5.74, 6) is 1.20. The Balaban J connectivity index is 1.67. The first-order valence-electron chi connectivity index (χ1n) is 8.70. The third-order valence-electron chi connectivity index (χ3n) is 4.15. The molecule has 0 saturated carbocycles. The number of methoxy groups -OCH3 is 1. The second-order valence-corrected chi connectivity index (χ2v) is 8.00.